The number of nitrogens with one attached hydrogen (secondary N) is 1. The molecule has 1 atom stereocenters. The standard InChI is InChI=1S/C17H20N2/c1-14-7-9-16(10-8-14)19-12-11-18-13-17(19)15-5-3-2-4-6-15/h2-10,17-18H,11-13H2,1H3. The van der Waals surface area contributed by atoms with Gasteiger partial charge in [0.1, 0.15) is 0 Å². The second-order valence-corrected chi connectivity index (χ2v) is 5.16. The van der Waals surface area contributed by atoms with Crippen molar-refractivity contribution in [1.29, 1.82) is 0 Å². The lowest BCUT2D eigenvalue weighted by Gasteiger charge is -2.38. The summed E-state index contributed by atoms with van der Waals surface area (Å²) < 4.78 is 0. The third-order valence-corrected chi connectivity index (χ3v) is 3.79. The normalized spacial score (nSPS) is 19.4. The Labute approximate surface area is 115 Å². The molecule has 19 heavy (non-hydrogen) atoms. The van der Waals surface area contributed by atoms with Crippen molar-refractivity contribution >= 4 is 5.69 Å². The number of benzene rings is 2. The zero-order chi connectivity index (χ0) is 13.1. The predicted molar refractivity (Wildman–Crippen MR) is 80.6 cm³/mol. The molecule has 2 aromatic carbocycles. The van der Waals surface area contributed by atoms with Crippen LogP contribution in [0.1, 0.15) is 17.2 Å². The first-order valence-corrected chi connectivity index (χ1v) is 6.93. The van der Waals surface area contributed by atoms with Crippen LogP contribution in [0.3, 0.4) is 0 Å². The molecule has 0 radical (unpaired) electrons. The van der Waals surface area contributed by atoms with Crippen LogP contribution in [0, 0.1) is 6.92 Å². The lowest BCUT2D eigenvalue weighted by atomic mass is 10.0. The molecule has 0 aliphatic carbocycles. The van der Waals surface area contributed by atoms with Crippen molar-refractivity contribution in [2.24, 2.45) is 0 Å². The van der Waals surface area contributed by atoms with Gasteiger partial charge in [0.2, 0.25) is 0 Å². The van der Waals surface area contributed by atoms with E-state index in [0.717, 1.165) is 19.6 Å². The Morgan fingerprint density at radius 1 is 1.00 bits per heavy atom. The quantitative estimate of drug-likeness (QED) is 0.883. The van der Waals surface area contributed by atoms with E-state index in [0.29, 0.717) is 6.04 Å². The fourth-order valence-corrected chi connectivity index (χ4v) is 2.72. The molecule has 1 heterocycles. The Hall–Kier alpha value is -1.80. The SMILES string of the molecule is Cc1ccc(N2CCNCC2c2ccccc2)cc1. The maximum absolute atomic E-state index is 3.50. The zero-order valence-electron chi connectivity index (χ0n) is 11.3. The van der Waals surface area contributed by atoms with Crippen molar-refractivity contribution in [2.75, 3.05) is 24.5 Å². The second kappa shape index (κ2) is 5.45. The van der Waals surface area contributed by atoms with Gasteiger partial charge in [-0.25, -0.2) is 0 Å². The van der Waals surface area contributed by atoms with Gasteiger partial charge in [-0.3, -0.25) is 0 Å². The van der Waals surface area contributed by atoms with Gasteiger partial charge in [-0.15, -0.1) is 0 Å². The van der Waals surface area contributed by atoms with Crippen molar-refractivity contribution in [3.8, 4) is 0 Å². The second-order valence-electron chi connectivity index (χ2n) is 5.16. The Kier molecular flexibility index (Phi) is 3.51. The van der Waals surface area contributed by atoms with E-state index in [1.165, 1.54) is 16.8 Å². The number of hydrogen-bond donors (Lipinski definition) is 1. The summed E-state index contributed by atoms with van der Waals surface area (Å²) in [4.78, 5) is 2.51. The van der Waals surface area contributed by atoms with Gasteiger partial charge in [-0.2, -0.15) is 0 Å². The highest BCUT2D eigenvalue weighted by molar-refractivity contribution is 5.50. The summed E-state index contributed by atoms with van der Waals surface area (Å²) in [5.41, 5.74) is 4.02. The maximum Gasteiger partial charge on any atom is 0.0667 e. The van der Waals surface area contributed by atoms with Gasteiger partial charge in [0, 0.05) is 25.3 Å². The predicted octanol–water partition coefficient (Wildman–Crippen LogP) is 3.15. The van der Waals surface area contributed by atoms with Gasteiger partial charge in [0.15, 0.2) is 0 Å². The van der Waals surface area contributed by atoms with Crippen LogP contribution in [0.4, 0.5) is 5.69 Å². The number of hydrogen-bond acceptors (Lipinski definition) is 2. The smallest absolute Gasteiger partial charge is 0.0667 e. The van der Waals surface area contributed by atoms with E-state index in [2.05, 4.69) is 71.7 Å². The average Bonchev–Trinajstić information content (AvgIpc) is 2.49. The number of anilines is 1. The molecule has 1 unspecified atom stereocenters. The molecule has 0 saturated carbocycles. The van der Waals surface area contributed by atoms with Crippen LogP contribution in [-0.2, 0) is 0 Å². The van der Waals surface area contributed by atoms with Crippen molar-refractivity contribution in [1.82, 2.24) is 5.32 Å². The highest BCUT2D eigenvalue weighted by atomic mass is 15.2. The minimum atomic E-state index is 0.428. The summed E-state index contributed by atoms with van der Waals surface area (Å²) in [6, 6.07) is 20.0. The van der Waals surface area contributed by atoms with E-state index in [1.807, 2.05) is 0 Å². The zero-order valence-corrected chi connectivity index (χ0v) is 11.3. The van der Waals surface area contributed by atoms with Crippen molar-refractivity contribution in [3.05, 3.63) is 65.7 Å². The van der Waals surface area contributed by atoms with Crippen LogP contribution < -0.4 is 10.2 Å². The van der Waals surface area contributed by atoms with Gasteiger partial charge in [0.25, 0.3) is 0 Å². The molecule has 0 spiro atoms. The molecule has 2 nitrogen and oxygen atoms in total. The van der Waals surface area contributed by atoms with E-state index in [-0.39, 0.29) is 0 Å². The Bertz CT molecular complexity index is 519. The van der Waals surface area contributed by atoms with E-state index >= 15 is 0 Å². The van der Waals surface area contributed by atoms with Crippen molar-refractivity contribution in [2.45, 2.75) is 13.0 Å². The van der Waals surface area contributed by atoms with E-state index in [9.17, 15) is 0 Å². The number of aryl methyl sites for hydroxylation is 1. The average molecular weight is 252 g/mol. The van der Waals surface area contributed by atoms with E-state index < -0.39 is 0 Å². The highest BCUT2D eigenvalue weighted by Crippen LogP contribution is 2.28. The molecular weight excluding hydrogens is 232 g/mol. The topological polar surface area (TPSA) is 15.3 Å². The first-order chi connectivity index (χ1) is 9.34. The number of piperazine rings is 1. The molecule has 1 aliphatic heterocycles. The molecule has 2 aromatic rings. The third kappa shape index (κ3) is 2.64. The molecule has 1 aliphatic rings. The summed E-state index contributed by atoms with van der Waals surface area (Å²) in [5.74, 6) is 0. The van der Waals surface area contributed by atoms with Crippen molar-refractivity contribution in [3.63, 3.8) is 0 Å². The first kappa shape index (κ1) is 12.2. The third-order valence-electron chi connectivity index (χ3n) is 3.79. The van der Waals surface area contributed by atoms with Crippen LogP contribution in [0.15, 0.2) is 54.6 Å². The van der Waals surface area contributed by atoms with Gasteiger partial charge in [0.05, 0.1) is 6.04 Å². The number of rotatable bonds is 2. The number of nitrogens with zero attached hydrogens (tertiary/aromatic N) is 1. The summed E-state index contributed by atoms with van der Waals surface area (Å²) in [7, 11) is 0. The first-order valence-electron chi connectivity index (χ1n) is 6.93. The molecule has 0 bridgehead atoms. The molecule has 1 fully saturated rings. The fraction of sp³-hybridized carbons (Fsp3) is 0.294. The Balaban J connectivity index is 1.91. The fourth-order valence-electron chi connectivity index (χ4n) is 2.72. The summed E-state index contributed by atoms with van der Waals surface area (Å²) >= 11 is 0. The van der Waals surface area contributed by atoms with Gasteiger partial charge < -0.3 is 10.2 Å². The van der Waals surface area contributed by atoms with E-state index in [4.69, 9.17) is 0 Å². The minimum absolute atomic E-state index is 0.428. The molecule has 0 amide bonds. The van der Waals surface area contributed by atoms with Gasteiger partial charge >= 0.3 is 0 Å². The monoisotopic (exact) mass is 252 g/mol. The van der Waals surface area contributed by atoms with Crippen LogP contribution in [0.25, 0.3) is 0 Å². The molecular formula is C17H20N2. The van der Waals surface area contributed by atoms with Crippen LogP contribution in [0.5, 0.6) is 0 Å². The van der Waals surface area contributed by atoms with Crippen LogP contribution in [0.2, 0.25) is 0 Å². The van der Waals surface area contributed by atoms with Gasteiger partial charge in [-0.05, 0) is 24.6 Å². The highest BCUT2D eigenvalue weighted by Gasteiger charge is 2.23. The van der Waals surface area contributed by atoms with Crippen LogP contribution in [-0.4, -0.2) is 19.6 Å². The molecule has 98 valence electrons. The lowest BCUT2D eigenvalue weighted by Crippen LogP contribution is -2.46. The largest absolute Gasteiger partial charge is 0.362 e. The Morgan fingerprint density at radius 3 is 2.47 bits per heavy atom. The summed E-state index contributed by atoms with van der Waals surface area (Å²) in [6.45, 7) is 5.26. The summed E-state index contributed by atoms with van der Waals surface area (Å²) in [5, 5.41) is 3.50. The maximum atomic E-state index is 3.50. The molecule has 0 aromatic heterocycles. The minimum Gasteiger partial charge on any atom is -0.362 e. The molecule has 3 rings (SSSR count). The van der Waals surface area contributed by atoms with Crippen LogP contribution >= 0.6 is 0 Å². The summed E-state index contributed by atoms with van der Waals surface area (Å²) in [6.07, 6.45) is 0. The van der Waals surface area contributed by atoms with Gasteiger partial charge in [-0.1, -0.05) is 48.0 Å². The molecule has 1 saturated heterocycles. The molecule has 2 heteroatoms. The van der Waals surface area contributed by atoms with Crippen molar-refractivity contribution < 1.29 is 0 Å². The molecule has 1 N–H and O–H groups in total. The Morgan fingerprint density at radius 2 is 1.74 bits per heavy atom. The van der Waals surface area contributed by atoms with E-state index in [1.54, 1.807) is 0 Å². The lowest BCUT2D eigenvalue weighted by molar-refractivity contribution is 0.490.